The van der Waals surface area contributed by atoms with Crippen LogP contribution >= 0.6 is 12.4 Å². The van der Waals surface area contributed by atoms with E-state index in [9.17, 15) is 4.79 Å². The Kier molecular flexibility index (Phi) is 9.86. The zero-order valence-electron chi connectivity index (χ0n) is 13.9. The molecule has 3 N–H and O–H groups in total. The Morgan fingerprint density at radius 3 is 2.36 bits per heavy atom. The molecular weight excluding hydrogens is 300 g/mol. The van der Waals surface area contributed by atoms with Crippen LogP contribution in [0.4, 0.5) is 0 Å². The first-order valence-corrected chi connectivity index (χ1v) is 7.63. The van der Waals surface area contributed by atoms with E-state index in [2.05, 4.69) is 38.2 Å². The Hall–Kier alpha value is -1.26. The highest BCUT2D eigenvalue weighted by atomic mass is 35.5. The zero-order valence-corrected chi connectivity index (χ0v) is 14.7. The van der Waals surface area contributed by atoms with Gasteiger partial charge < -0.3 is 15.8 Å². The molecule has 0 aliphatic carbocycles. The van der Waals surface area contributed by atoms with Gasteiger partial charge in [0.2, 0.25) is 5.91 Å². The first kappa shape index (κ1) is 20.7. The summed E-state index contributed by atoms with van der Waals surface area (Å²) in [5, 5.41) is 2.83. The lowest BCUT2D eigenvalue weighted by Crippen LogP contribution is -2.26. The molecule has 0 saturated heterocycles. The molecule has 4 nitrogen and oxygen atoms in total. The molecule has 0 saturated carbocycles. The van der Waals surface area contributed by atoms with Gasteiger partial charge >= 0.3 is 0 Å². The van der Waals surface area contributed by atoms with Gasteiger partial charge in [0.05, 0.1) is 6.61 Å². The normalized spacial score (nSPS) is 10.7. The molecule has 1 aromatic rings. The van der Waals surface area contributed by atoms with Crippen LogP contribution in [0, 0.1) is 0 Å². The molecule has 0 atom stereocenters. The summed E-state index contributed by atoms with van der Waals surface area (Å²) in [4.78, 5) is 11.5. The van der Waals surface area contributed by atoms with Crippen LogP contribution < -0.4 is 15.8 Å². The first-order valence-electron chi connectivity index (χ1n) is 7.63. The lowest BCUT2D eigenvalue weighted by molar-refractivity contribution is -0.121. The molecule has 1 amide bonds. The summed E-state index contributed by atoms with van der Waals surface area (Å²) < 4.78 is 5.65. The maximum absolute atomic E-state index is 11.5. The van der Waals surface area contributed by atoms with Gasteiger partial charge in [-0.3, -0.25) is 4.79 Å². The van der Waals surface area contributed by atoms with E-state index in [-0.39, 0.29) is 23.7 Å². The Bertz CT molecular complexity index is 427. The molecule has 0 heterocycles. The predicted octanol–water partition coefficient (Wildman–Crippen LogP) is 3.03. The van der Waals surface area contributed by atoms with E-state index in [1.54, 1.807) is 0 Å². The highest BCUT2D eigenvalue weighted by molar-refractivity contribution is 5.85. The van der Waals surface area contributed by atoms with Crippen molar-refractivity contribution in [2.45, 2.75) is 45.4 Å². The van der Waals surface area contributed by atoms with Crippen LogP contribution in [0.1, 0.15) is 45.6 Å². The average molecular weight is 329 g/mol. The van der Waals surface area contributed by atoms with Crippen LogP contribution in [0.15, 0.2) is 24.3 Å². The second-order valence-corrected chi connectivity index (χ2v) is 6.22. The van der Waals surface area contributed by atoms with Crippen LogP contribution in [-0.2, 0) is 10.2 Å². The lowest BCUT2D eigenvalue weighted by Gasteiger charge is -2.19. The number of carbonyl (C=O) groups excluding carboxylic acids is 1. The predicted molar refractivity (Wildman–Crippen MR) is 93.8 cm³/mol. The standard InChI is InChI=1S/C17H28N2O2.ClH/c1-17(2,3)14-7-9-15(10-8-14)21-13-4-6-16(20)19-12-5-11-18;/h7-10H,4-6,11-13,18H2,1-3H3,(H,19,20);1H. The van der Waals surface area contributed by atoms with Crippen molar-refractivity contribution in [3.05, 3.63) is 29.8 Å². The Balaban J connectivity index is 0.00000441. The highest BCUT2D eigenvalue weighted by Gasteiger charge is 2.12. The van der Waals surface area contributed by atoms with Gasteiger partial charge in [0.15, 0.2) is 0 Å². The van der Waals surface area contributed by atoms with E-state index >= 15 is 0 Å². The molecular formula is C17H29ClN2O2. The molecule has 22 heavy (non-hydrogen) atoms. The topological polar surface area (TPSA) is 64.3 Å². The minimum Gasteiger partial charge on any atom is -0.494 e. The molecule has 126 valence electrons. The summed E-state index contributed by atoms with van der Waals surface area (Å²) in [5.74, 6) is 0.918. The van der Waals surface area contributed by atoms with Crippen molar-refractivity contribution in [2.75, 3.05) is 19.7 Å². The minimum absolute atomic E-state index is 0. The van der Waals surface area contributed by atoms with E-state index in [1.165, 1.54) is 5.56 Å². The largest absolute Gasteiger partial charge is 0.494 e. The Labute approximate surface area is 140 Å². The quantitative estimate of drug-likeness (QED) is 0.721. The maximum Gasteiger partial charge on any atom is 0.220 e. The number of nitrogens with one attached hydrogen (secondary N) is 1. The Morgan fingerprint density at radius 1 is 1.18 bits per heavy atom. The van der Waals surface area contributed by atoms with Crippen LogP contribution in [0.3, 0.4) is 0 Å². The summed E-state index contributed by atoms with van der Waals surface area (Å²) in [6.45, 7) is 8.38. The molecule has 0 fully saturated rings. The van der Waals surface area contributed by atoms with Crippen LogP contribution in [0.2, 0.25) is 0 Å². The first-order chi connectivity index (χ1) is 9.93. The maximum atomic E-state index is 11.5. The third kappa shape index (κ3) is 8.25. The van der Waals surface area contributed by atoms with Crippen molar-refractivity contribution in [1.82, 2.24) is 5.32 Å². The summed E-state index contributed by atoms with van der Waals surface area (Å²) >= 11 is 0. The molecule has 5 heteroatoms. The van der Waals surface area contributed by atoms with Gasteiger partial charge in [-0.25, -0.2) is 0 Å². The number of ether oxygens (including phenoxy) is 1. The summed E-state index contributed by atoms with van der Waals surface area (Å²) in [5.41, 5.74) is 6.81. The van der Waals surface area contributed by atoms with Gasteiger partial charge in [0.1, 0.15) is 5.75 Å². The van der Waals surface area contributed by atoms with Gasteiger partial charge in [-0.15, -0.1) is 12.4 Å². The second kappa shape index (κ2) is 10.5. The molecule has 0 aliphatic heterocycles. The highest BCUT2D eigenvalue weighted by Crippen LogP contribution is 2.24. The van der Waals surface area contributed by atoms with Crippen molar-refractivity contribution in [3.63, 3.8) is 0 Å². The smallest absolute Gasteiger partial charge is 0.220 e. The van der Waals surface area contributed by atoms with Gasteiger partial charge in [-0.1, -0.05) is 32.9 Å². The average Bonchev–Trinajstić information content (AvgIpc) is 2.43. The number of rotatable bonds is 8. The van der Waals surface area contributed by atoms with Crippen molar-refractivity contribution >= 4 is 18.3 Å². The minimum atomic E-state index is 0. The monoisotopic (exact) mass is 328 g/mol. The van der Waals surface area contributed by atoms with Crippen LogP contribution in [-0.4, -0.2) is 25.6 Å². The molecule has 1 aromatic carbocycles. The van der Waals surface area contributed by atoms with Crippen molar-refractivity contribution < 1.29 is 9.53 Å². The number of hydrogen-bond donors (Lipinski definition) is 2. The summed E-state index contributed by atoms with van der Waals surface area (Å²) in [6, 6.07) is 8.16. The van der Waals surface area contributed by atoms with Crippen LogP contribution in [0.25, 0.3) is 0 Å². The number of amides is 1. The molecule has 0 radical (unpaired) electrons. The fraction of sp³-hybridized carbons (Fsp3) is 0.588. The van der Waals surface area contributed by atoms with Gasteiger partial charge in [0.25, 0.3) is 0 Å². The van der Waals surface area contributed by atoms with Gasteiger partial charge in [-0.05, 0) is 42.5 Å². The zero-order chi connectivity index (χ0) is 15.7. The number of carbonyl (C=O) groups is 1. The van der Waals surface area contributed by atoms with E-state index in [4.69, 9.17) is 10.5 Å². The van der Waals surface area contributed by atoms with Gasteiger partial charge in [-0.2, -0.15) is 0 Å². The number of hydrogen-bond acceptors (Lipinski definition) is 3. The SMILES string of the molecule is CC(C)(C)c1ccc(OCCCC(=O)NCCCN)cc1.Cl. The van der Waals surface area contributed by atoms with E-state index < -0.39 is 0 Å². The lowest BCUT2D eigenvalue weighted by atomic mass is 9.87. The molecule has 0 bridgehead atoms. The Morgan fingerprint density at radius 2 is 1.82 bits per heavy atom. The molecule has 0 aliphatic rings. The number of benzene rings is 1. The molecule has 0 spiro atoms. The molecule has 0 unspecified atom stereocenters. The third-order valence-corrected chi connectivity index (χ3v) is 3.24. The number of nitrogens with two attached hydrogens (primary N) is 1. The van der Waals surface area contributed by atoms with E-state index in [0.29, 0.717) is 26.1 Å². The van der Waals surface area contributed by atoms with Gasteiger partial charge in [0, 0.05) is 13.0 Å². The second-order valence-electron chi connectivity index (χ2n) is 6.22. The fourth-order valence-corrected chi connectivity index (χ4v) is 1.89. The van der Waals surface area contributed by atoms with E-state index in [0.717, 1.165) is 18.6 Å². The summed E-state index contributed by atoms with van der Waals surface area (Å²) in [6.07, 6.45) is 2.03. The summed E-state index contributed by atoms with van der Waals surface area (Å²) in [7, 11) is 0. The van der Waals surface area contributed by atoms with Crippen LogP contribution in [0.5, 0.6) is 5.75 Å². The fourth-order valence-electron chi connectivity index (χ4n) is 1.89. The van der Waals surface area contributed by atoms with E-state index in [1.807, 2.05) is 12.1 Å². The molecule has 0 aromatic heterocycles. The van der Waals surface area contributed by atoms with Crippen molar-refractivity contribution in [2.24, 2.45) is 5.73 Å². The number of halogens is 1. The van der Waals surface area contributed by atoms with Crippen molar-refractivity contribution in [1.29, 1.82) is 0 Å². The third-order valence-electron chi connectivity index (χ3n) is 3.24. The van der Waals surface area contributed by atoms with Crippen molar-refractivity contribution in [3.8, 4) is 5.75 Å². The molecule has 1 rings (SSSR count).